The van der Waals surface area contributed by atoms with Crippen molar-refractivity contribution in [3.63, 3.8) is 0 Å². The minimum atomic E-state index is -3.72. The molecule has 2 aromatic rings. The van der Waals surface area contributed by atoms with Crippen molar-refractivity contribution in [2.24, 2.45) is 5.92 Å². The van der Waals surface area contributed by atoms with Crippen LogP contribution in [0.1, 0.15) is 23.2 Å². The molecule has 0 saturated carbocycles. The second kappa shape index (κ2) is 8.86. The number of carbonyl (C=O) groups is 2. The van der Waals surface area contributed by atoms with E-state index >= 15 is 0 Å². The number of ketones is 1. The van der Waals surface area contributed by atoms with Crippen LogP contribution in [0.4, 0.5) is 0 Å². The van der Waals surface area contributed by atoms with E-state index in [1.807, 2.05) is 0 Å². The van der Waals surface area contributed by atoms with Crippen LogP contribution in [-0.4, -0.2) is 44.2 Å². The standard InChI is InChI=1S/C20H20ClNO5S/c21-17-8-10-18(11-9-17)28(25,26)22-12-4-7-16(13-22)20(24)27-14-19(23)15-5-2-1-3-6-15/h1-3,5-6,8-11,16H,4,7,12-14H2. The molecule has 6 nitrogen and oxygen atoms in total. The number of hydrogen-bond acceptors (Lipinski definition) is 5. The zero-order valence-electron chi connectivity index (χ0n) is 15.1. The van der Waals surface area contributed by atoms with Gasteiger partial charge in [0, 0.05) is 23.7 Å². The third kappa shape index (κ3) is 4.79. The van der Waals surface area contributed by atoms with E-state index in [1.165, 1.54) is 28.6 Å². The molecule has 0 bridgehead atoms. The Labute approximate surface area is 169 Å². The van der Waals surface area contributed by atoms with Crippen molar-refractivity contribution in [3.8, 4) is 0 Å². The van der Waals surface area contributed by atoms with Gasteiger partial charge in [0.2, 0.25) is 10.0 Å². The Morgan fingerprint density at radius 3 is 2.43 bits per heavy atom. The van der Waals surface area contributed by atoms with Crippen LogP contribution in [-0.2, 0) is 19.6 Å². The van der Waals surface area contributed by atoms with E-state index in [4.69, 9.17) is 16.3 Å². The quantitative estimate of drug-likeness (QED) is 0.528. The highest BCUT2D eigenvalue weighted by atomic mass is 35.5. The van der Waals surface area contributed by atoms with Gasteiger partial charge in [-0.15, -0.1) is 0 Å². The van der Waals surface area contributed by atoms with Crippen LogP contribution in [0.3, 0.4) is 0 Å². The van der Waals surface area contributed by atoms with Crippen molar-refractivity contribution >= 4 is 33.4 Å². The van der Waals surface area contributed by atoms with Gasteiger partial charge < -0.3 is 4.74 Å². The number of Topliss-reactive ketones (excluding diaryl/α,β-unsaturated/α-hetero) is 1. The molecular weight excluding hydrogens is 402 g/mol. The zero-order chi connectivity index (χ0) is 20.1. The van der Waals surface area contributed by atoms with Crippen molar-refractivity contribution in [2.75, 3.05) is 19.7 Å². The number of rotatable bonds is 6. The summed E-state index contributed by atoms with van der Waals surface area (Å²) in [5.74, 6) is -1.45. The smallest absolute Gasteiger partial charge is 0.310 e. The summed E-state index contributed by atoms with van der Waals surface area (Å²) >= 11 is 5.82. The number of sulfonamides is 1. The van der Waals surface area contributed by atoms with E-state index in [1.54, 1.807) is 30.3 Å². The van der Waals surface area contributed by atoms with Gasteiger partial charge in [-0.3, -0.25) is 9.59 Å². The van der Waals surface area contributed by atoms with Crippen molar-refractivity contribution < 1.29 is 22.7 Å². The molecule has 3 rings (SSSR count). The molecule has 2 aromatic carbocycles. The highest BCUT2D eigenvalue weighted by molar-refractivity contribution is 7.89. The number of esters is 1. The molecule has 148 valence electrons. The Bertz CT molecular complexity index is 944. The van der Waals surface area contributed by atoms with Gasteiger partial charge in [0.25, 0.3) is 0 Å². The molecule has 1 heterocycles. The van der Waals surface area contributed by atoms with Gasteiger partial charge >= 0.3 is 5.97 Å². The van der Waals surface area contributed by atoms with E-state index in [2.05, 4.69) is 0 Å². The van der Waals surface area contributed by atoms with Crippen molar-refractivity contribution in [1.29, 1.82) is 0 Å². The molecule has 0 aromatic heterocycles. The molecule has 1 aliphatic heterocycles. The Hall–Kier alpha value is -2.22. The van der Waals surface area contributed by atoms with Crippen LogP contribution in [0.5, 0.6) is 0 Å². The van der Waals surface area contributed by atoms with E-state index in [0.29, 0.717) is 30.0 Å². The maximum absolute atomic E-state index is 12.8. The number of hydrogen-bond donors (Lipinski definition) is 0. The van der Waals surface area contributed by atoms with Crippen LogP contribution < -0.4 is 0 Å². The lowest BCUT2D eigenvalue weighted by molar-refractivity contribution is -0.148. The van der Waals surface area contributed by atoms with Gasteiger partial charge in [-0.1, -0.05) is 41.9 Å². The minimum absolute atomic E-state index is 0.0311. The lowest BCUT2D eigenvalue weighted by atomic mass is 10.00. The van der Waals surface area contributed by atoms with E-state index in [-0.39, 0.29) is 23.8 Å². The summed E-state index contributed by atoms with van der Waals surface area (Å²) in [5, 5.41) is 0.446. The number of nitrogens with zero attached hydrogens (tertiary/aromatic N) is 1. The zero-order valence-corrected chi connectivity index (χ0v) is 16.7. The summed E-state index contributed by atoms with van der Waals surface area (Å²) < 4.78 is 32.0. The Morgan fingerprint density at radius 2 is 1.75 bits per heavy atom. The number of ether oxygens (including phenoxy) is 1. The number of carbonyl (C=O) groups excluding carboxylic acids is 2. The van der Waals surface area contributed by atoms with Crippen molar-refractivity contribution in [3.05, 3.63) is 65.2 Å². The predicted octanol–water partition coefficient (Wildman–Crippen LogP) is 3.17. The highest BCUT2D eigenvalue weighted by Crippen LogP contribution is 2.25. The van der Waals surface area contributed by atoms with Crippen LogP contribution >= 0.6 is 11.6 Å². The Balaban J connectivity index is 1.61. The van der Waals surface area contributed by atoms with Crippen LogP contribution in [0.25, 0.3) is 0 Å². The summed E-state index contributed by atoms with van der Waals surface area (Å²) in [6.07, 6.45) is 1.06. The van der Waals surface area contributed by atoms with Gasteiger partial charge in [0.1, 0.15) is 0 Å². The second-order valence-electron chi connectivity index (χ2n) is 6.55. The molecular formula is C20H20ClNO5S. The van der Waals surface area contributed by atoms with E-state index in [0.717, 1.165) is 0 Å². The minimum Gasteiger partial charge on any atom is -0.457 e. The van der Waals surface area contributed by atoms with Crippen molar-refractivity contribution in [2.45, 2.75) is 17.7 Å². The Kier molecular flexibility index (Phi) is 6.49. The summed E-state index contributed by atoms with van der Waals surface area (Å²) in [4.78, 5) is 24.6. The van der Waals surface area contributed by atoms with E-state index < -0.39 is 21.9 Å². The molecule has 1 aliphatic rings. The molecule has 8 heteroatoms. The fraction of sp³-hybridized carbons (Fsp3) is 0.300. The van der Waals surface area contributed by atoms with Crippen LogP contribution in [0, 0.1) is 5.92 Å². The van der Waals surface area contributed by atoms with Crippen LogP contribution in [0.15, 0.2) is 59.5 Å². The molecule has 28 heavy (non-hydrogen) atoms. The SMILES string of the molecule is O=C(COC(=O)C1CCCN(S(=O)(=O)c2ccc(Cl)cc2)C1)c1ccccc1. The number of piperidine rings is 1. The lowest BCUT2D eigenvalue weighted by Crippen LogP contribution is -2.42. The largest absolute Gasteiger partial charge is 0.457 e. The summed E-state index contributed by atoms with van der Waals surface area (Å²) in [6, 6.07) is 14.5. The first-order valence-corrected chi connectivity index (χ1v) is 10.7. The molecule has 1 fully saturated rings. The molecule has 0 aliphatic carbocycles. The molecule has 0 amide bonds. The van der Waals surface area contributed by atoms with Crippen LogP contribution in [0.2, 0.25) is 5.02 Å². The normalized spacial score (nSPS) is 17.8. The van der Waals surface area contributed by atoms with Gasteiger partial charge in [0.05, 0.1) is 10.8 Å². The fourth-order valence-electron chi connectivity index (χ4n) is 3.07. The van der Waals surface area contributed by atoms with Gasteiger partial charge in [-0.05, 0) is 37.1 Å². The fourth-order valence-corrected chi connectivity index (χ4v) is 4.72. The first-order valence-electron chi connectivity index (χ1n) is 8.88. The lowest BCUT2D eigenvalue weighted by Gasteiger charge is -2.30. The first-order chi connectivity index (χ1) is 13.4. The summed E-state index contributed by atoms with van der Waals surface area (Å²) in [6.45, 7) is 0.00425. The summed E-state index contributed by atoms with van der Waals surface area (Å²) in [5.41, 5.74) is 0.464. The van der Waals surface area contributed by atoms with Gasteiger partial charge in [-0.2, -0.15) is 4.31 Å². The average molecular weight is 422 g/mol. The average Bonchev–Trinajstić information content (AvgIpc) is 2.72. The molecule has 0 radical (unpaired) electrons. The highest BCUT2D eigenvalue weighted by Gasteiger charge is 2.34. The molecule has 1 unspecified atom stereocenters. The topological polar surface area (TPSA) is 80.8 Å². The number of halogens is 1. The molecule has 0 N–H and O–H groups in total. The molecule has 0 spiro atoms. The monoisotopic (exact) mass is 421 g/mol. The Morgan fingerprint density at radius 1 is 1.07 bits per heavy atom. The van der Waals surface area contributed by atoms with Gasteiger partial charge in [0.15, 0.2) is 12.4 Å². The maximum atomic E-state index is 12.8. The second-order valence-corrected chi connectivity index (χ2v) is 8.93. The summed E-state index contributed by atoms with van der Waals surface area (Å²) in [7, 11) is -3.72. The third-order valence-electron chi connectivity index (χ3n) is 4.61. The molecule has 1 atom stereocenters. The predicted molar refractivity (Wildman–Crippen MR) is 105 cm³/mol. The number of benzene rings is 2. The maximum Gasteiger partial charge on any atom is 0.310 e. The van der Waals surface area contributed by atoms with E-state index in [9.17, 15) is 18.0 Å². The molecule has 1 saturated heterocycles. The first kappa shape index (κ1) is 20.5. The third-order valence-corrected chi connectivity index (χ3v) is 6.74. The van der Waals surface area contributed by atoms with Crippen molar-refractivity contribution in [1.82, 2.24) is 4.31 Å². The van der Waals surface area contributed by atoms with Gasteiger partial charge in [-0.25, -0.2) is 8.42 Å².